The van der Waals surface area contributed by atoms with Gasteiger partial charge in [0, 0.05) is 12.5 Å². The Labute approximate surface area is 59.7 Å². The first-order valence-corrected chi connectivity index (χ1v) is 3.15. The van der Waals surface area contributed by atoms with Crippen molar-refractivity contribution in [1.29, 1.82) is 0 Å². The molecule has 0 saturated carbocycles. The molecule has 0 unspecified atom stereocenters. The second-order valence-corrected chi connectivity index (χ2v) is 2.30. The SMILES string of the molecule is C[C@H](O)[C@@H](O)[C@H](N)CC=O. The molecule has 0 saturated heterocycles. The predicted molar refractivity (Wildman–Crippen MR) is 36.3 cm³/mol. The fourth-order valence-electron chi connectivity index (χ4n) is 0.608. The van der Waals surface area contributed by atoms with Crippen LogP contribution in [0.1, 0.15) is 13.3 Å². The van der Waals surface area contributed by atoms with Crippen molar-refractivity contribution in [2.75, 3.05) is 0 Å². The summed E-state index contributed by atoms with van der Waals surface area (Å²) in [6.07, 6.45) is -1.19. The number of nitrogens with two attached hydrogens (primary N) is 1. The van der Waals surface area contributed by atoms with Gasteiger partial charge in [-0.1, -0.05) is 0 Å². The number of hydrogen-bond donors (Lipinski definition) is 3. The average Bonchev–Trinajstić information content (AvgIpc) is 1.87. The molecular formula is C6H13NO3. The van der Waals surface area contributed by atoms with Gasteiger partial charge in [0.05, 0.1) is 12.2 Å². The highest BCUT2D eigenvalue weighted by Crippen LogP contribution is 1.98. The van der Waals surface area contributed by atoms with Crippen molar-refractivity contribution in [1.82, 2.24) is 0 Å². The number of aldehydes is 1. The molecular weight excluding hydrogens is 134 g/mol. The molecule has 4 nitrogen and oxygen atoms in total. The average molecular weight is 147 g/mol. The summed E-state index contributed by atoms with van der Waals surface area (Å²) in [5.74, 6) is 0. The Morgan fingerprint density at radius 3 is 2.40 bits per heavy atom. The smallest absolute Gasteiger partial charge is 0.121 e. The van der Waals surface area contributed by atoms with E-state index in [-0.39, 0.29) is 6.42 Å². The Morgan fingerprint density at radius 2 is 2.10 bits per heavy atom. The maximum Gasteiger partial charge on any atom is 0.121 e. The monoisotopic (exact) mass is 147 g/mol. The Hall–Kier alpha value is -0.450. The van der Waals surface area contributed by atoms with E-state index in [1.165, 1.54) is 6.92 Å². The number of carbonyl (C=O) groups excluding carboxylic acids is 1. The zero-order chi connectivity index (χ0) is 8.15. The topological polar surface area (TPSA) is 83.6 Å². The van der Waals surface area contributed by atoms with Crippen LogP contribution in [0, 0.1) is 0 Å². The van der Waals surface area contributed by atoms with Gasteiger partial charge >= 0.3 is 0 Å². The van der Waals surface area contributed by atoms with Crippen LogP contribution in [0.4, 0.5) is 0 Å². The summed E-state index contributed by atoms with van der Waals surface area (Å²) in [6, 6.07) is -0.655. The molecule has 0 amide bonds. The van der Waals surface area contributed by atoms with E-state index in [4.69, 9.17) is 15.9 Å². The van der Waals surface area contributed by atoms with E-state index in [0.717, 1.165) is 0 Å². The van der Waals surface area contributed by atoms with E-state index < -0.39 is 18.2 Å². The van der Waals surface area contributed by atoms with Gasteiger partial charge in [-0.25, -0.2) is 0 Å². The Morgan fingerprint density at radius 1 is 1.60 bits per heavy atom. The second kappa shape index (κ2) is 4.38. The predicted octanol–water partition coefficient (Wildman–Crippen LogP) is -1.36. The van der Waals surface area contributed by atoms with Crippen molar-refractivity contribution < 1.29 is 15.0 Å². The van der Waals surface area contributed by atoms with Crippen molar-refractivity contribution in [2.45, 2.75) is 31.6 Å². The molecule has 0 fully saturated rings. The van der Waals surface area contributed by atoms with Gasteiger partial charge in [-0.05, 0) is 6.92 Å². The van der Waals surface area contributed by atoms with Crippen LogP contribution in [0.2, 0.25) is 0 Å². The van der Waals surface area contributed by atoms with E-state index in [2.05, 4.69) is 0 Å². The molecule has 0 aliphatic carbocycles. The first-order chi connectivity index (χ1) is 4.59. The van der Waals surface area contributed by atoms with Gasteiger partial charge in [0.15, 0.2) is 0 Å². The third-order valence-corrected chi connectivity index (χ3v) is 1.30. The molecule has 4 N–H and O–H groups in total. The molecule has 0 aromatic heterocycles. The highest BCUT2D eigenvalue weighted by atomic mass is 16.3. The molecule has 0 spiro atoms. The third-order valence-electron chi connectivity index (χ3n) is 1.30. The van der Waals surface area contributed by atoms with Gasteiger partial charge < -0.3 is 20.7 Å². The molecule has 0 aromatic carbocycles. The lowest BCUT2D eigenvalue weighted by Gasteiger charge is -2.18. The summed E-state index contributed by atoms with van der Waals surface area (Å²) in [5.41, 5.74) is 5.29. The molecule has 3 atom stereocenters. The number of rotatable bonds is 4. The van der Waals surface area contributed by atoms with Crippen LogP contribution in [0.25, 0.3) is 0 Å². The number of aliphatic hydroxyl groups excluding tert-OH is 2. The Balaban J connectivity index is 3.68. The van der Waals surface area contributed by atoms with E-state index in [0.29, 0.717) is 6.29 Å². The zero-order valence-electron chi connectivity index (χ0n) is 5.90. The maximum absolute atomic E-state index is 9.87. The van der Waals surface area contributed by atoms with Gasteiger partial charge in [-0.2, -0.15) is 0 Å². The Bertz CT molecular complexity index is 105. The summed E-state index contributed by atoms with van der Waals surface area (Å²) in [4.78, 5) is 9.87. The van der Waals surface area contributed by atoms with Crippen molar-refractivity contribution >= 4 is 6.29 Å². The largest absolute Gasteiger partial charge is 0.391 e. The molecule has 0 aromatic rings. The van der Waals surface area contributed by atoms with Crippen molar-refractivity contribution in [3.05, 3.63) is 0 Å². The lowest BCUT2D eigenvalue weighted by molar-refractivity contribution is -0.109. The minimum Gasteiger partial charge on any atom is -0.391 e. The number of carbonyl (C=O) groups is 1. The minimum absolute atomic E-state index is 0.0755. The molecule has 10 heavy (non-hydrogen) atoms. The van der Waals surface area contributed by atoms with E-state index in [1.54, 1.807) is 0 Å². The van der Waals surface area contributed by atoms with Crippen LogP contribution in [0.5, 0.6) is 0 Å². The van der Waals surface area contributed by atoms with E-state index >= 15 is 0 Å². The molecule has 60 valence electrons. The highest BCUT2D eigenvalue weighted by Gasteiger charge is 2.18. The lowest BCUT2D eigenvalue weighted by Crippen LogP contribution is -2.41. The second-order valence-electron chi connectivity index (χ2n) is 2.30. The summed E-state index contributed by atoms with van der Waals surface area (Å²) in [6.45, 7) is 1.43. The maximum atomic E-state index is 9.87. The molecule has 0 aliphatic heterocycles. The van der Waals surface area contributed by atoms with Gasteiger partial charge in [0.25, 0.3) is 0 Å². The van der Waals surface area contributed by atoms with Crippen LogP contribution in [-0.2, 0) is 4.79 Å². The normalized spacial score (nSPS) is 19.6. The van der Waals surface area contributed by atoms with Crippen LogP contribution in [0.15, 0.2) is 0 Å². The van der Waals surface area contributed by atoms with Gasteiger partial charge in [0.2, 0.25) is 0 Å². The summed E-state index contributed by atoms with van der Waals surface area (Å²) >= 11 is 0. The first kappa shape index (κ1) is 9.55. The van der Waals surface area contributed by atoms with E-state index in [1.807, 2.05) is 0 Å². The fraction of sp³-hybridized carbons (Fsp3) is 0.833. The van der Waals surface area contributed by atoms with Gasteiger partial charge in [-0.3, -0.25) is 0 Å². The minimum atomic E-state index is -1.01. The highest BCUT2D eigenvalue weighted by molar-refractivity contribution is 5.50. The van der Waals surface area contributed by atoms with Crippen molar-refractivity contribution in [3.8, 4) is 0 Å². The number of aliphatic hydroxyl groups is 2. The van der Waals surface area contributed by atoms with Crippen LogP contribution < -0.4 is 5.73 Å². The standard InChI is InChI=1S/C6H13NO3/c1-4(9)6(10)5(7)2-3-8/h3-6,9-10H,2,7H2,1H3/t4-,5+,6+/m0/s1. The molecule has 0 rings (SSSR count). The third kappa shape index (κ3) is 2.91. The molecule has 4 heteroatoms. The zero-order valence-corrected chi connectivity index (χ0v) is 5.90. The summed E-state index contributed by atoms with van der Waals surface area (Å²) in [5, 5.41) is 17.8. The van der Waals surface area contributed by atoms with Gasteiger partial charge in [0.1, 0.15) is 6.29 Å². The van der Waals surface area contributed by atoms with E-state index in [9.17, 15) is 4.79 Å². The fourth-order valence-corrected chi connectivity index (χ4v) is 0.608. The summed E-state index contributed by atoms with van der Waals surface area (Å²) < 4.78 is 0. The number of hydrogen-bond acceptors (Lipinski definition) is 4. The van der Waals surface area contributed by atoms with Crippen LogP contribution in [0.3, 0.4) is 0 Å². The molecule has 0 radical (unpaired) electrons. The van der Waals surface area contributed by atoms with Crippen LogP contribution >= 0.6 is 0 Å². The van der Waals surface area contributed by atoms with Crippen molar-refractivity contribution in [2.24, 2.45) is 5.73 Å². The molecule has 0 aliphatic rings. The lowest BCUT2D eigenvalue weighted by atomic mass is 10.1. The van der Waals surface area contributed by atoms with Crippen LogP contribution in [-0.4, -0.2) is 34.7 Å². The van der Waals surface area contributed by atoms with Gasteiger partial charge in [-0.15, -0.1) is 0 Å². The Kier molecular flexibility index (Phi) is 4.18. The quantitative estimate of drug-likeness (QED) is 0.429. The molecule has 0 heterocycles. The first-order valence-electron chi connectivity index (χ1n) is 3.15. The summed E-state index contributed by atoms with van der Waals surface area (Å²) in [7, 11) is 0. The molecule has 0 bridgehead atoms. The van der Waals surface area contributed by atoms with Crippen molar-refractivity contribution in [3.63, 3.8) is 0 Å².